The molecule has 0 spiro atoms. The molecule has 152 valence electrons. The van der Waals surface area contributed by atoms with Crippen LogP contribution in [-0.4, -0.2) is 74.0 Å². The van der Waals surface area contributed by atoms with Crippen LogP contribution < -0.4 is 5.32 Å². The van der Waals surface area contributed by atoms with Crippen molar-refractivity contribution in [3.05, 3.63) is 11.4 Å². The second kappa shape index (κ2) is 21.1. The maximum Gasteiger partial charge on any atom is 0.227 e. The summed E-state index contributed by atoms with van der Waals surface area (Å²) in [6.45, 7) is 15.9. The molecule has 0 aromatic heterocycles. The summed E-state index contributed by atoms with van der Waals surface area (Å²) in [5, 5.41) is 20.4. The maximum absolute atomic E-state index is 8.52. The summed E-state index contributed by atoms with van der Waals surface area (Å²) in [6.07, 6.45) is 8.05. The molecule has 0 atom stereocenters. The highest BCUT2D eigenvalue weighted by atomic mass is 79.9. The van der Waals surface area contributed by atoms with Gasteiger partial charge in [-0.25, -0.2) is 6.57 Å². The molecule has 0 aromatic carbocycles. The van der Waals surface area contributed by atoms with Crippen LogP contribution in [0.2, 0.25) is 0 Å². The summed E-state index contributed by atoms with van der Waals surface area (Å²) in [5.41, 5.74) is 0. The van der Waals surface area contributed by atoms with Gasteiger partial charge in [-0.3, -0.25) is 4.90 Å². The Balaban J connectivity index is 0.000000463. The fraction of sp³-hybridized carbons (Fsp3) is 0.850. The monoisotopic (exact) mass is 438 g/mol. The van der Waals surface area contributed by atoms with Crippen molar-refractivity contribution in [2.45, 2.75) is 44.9 Å². The van der Waals surface area contributed by atoms with Gasteiger partial charge in [0, 0.05) is 37.8 Å². The lowest BCUT2D eigenvalue weighted by molar-refractivity contribution is 0.266. The lowest BCUT2D eigenvalue weighted by atomic mass is 10.2. The quantitative estimate of drug-likeness (QED) is 0.526. The van der Waals surface area contributed by atoms with Crippen LogP contribution >= 0.6 is 15.9 Å². The topological polar surface area (TPSA) is 70.5 Å². The molecular weight excluding hydrogens is 404 g/mol. The second-order valence-electron chi connectivity index (χ2n) is 6.59. The fourth-order valence-corrected chi connectivity index (χ4v) is 3.07. The summed E-state index contributed by atoms with van der Waals surface area (Å²) < 4.78 is 0. The molecule has 2 heterocycles. The number of halogens is 1. The van der Waals surface area contributed by atoms with E-state index in [0.29, 0.717) is 19.4 Å². The van der Waals surface area contributed by atoms with Gasteiger partial charge in [-0.1, -0.05) is 28.8 Å². The smallest absolute Gasteiger partial charge is 0.227 e. The van der Waals surface area contributed by atoms with Crippen LogP contribution in [0.1, 0.15) is 44.9 Å². The molecule has 2 fully saturated rings. The van der Waals surface area contributed by atoms with E-state index in [1.54, 1.807) is 0 Å². The van der Waals surface area contributed by atoms with E-state index in [1.165, 1.54) is 38.8 Å². The van der Waals surface area contributed by atoms with Gasteiger partial charge in [-0.15, -0.1) is 0 Å². The van der Waals surface area contributed by atoms with Crippen molar-refractivity contribution in [2.24, 2.45) is 0 Å². The first kappa shape index (κ1) is 25.8. The predicted octanol–water partition coefficient (Wildman–Crippen LogP) is 3.27. The van der Waals surface area contributed by atoms with Gasteiger partial charge in [-0.05, 0) is 45.4 Å². The minimum atomic E-state index is 0.609. The van der Waals surface area contributed by atoms with E-state index in [4.69, 9.17) is 17.1 Å². The van der Waals surface area contributed by atoms with Crippen molar-refractivity contribution in [1.29, 1.82) is 10.5 Å². The highest BCUT2D eigenvalue weighted by Gasteiger charge is 2.14. The molecule has 2 aliphatic heterocycles. The number of rotatable bonds is 5. The number of hydrogen-bond donors (Lipinski definition) is 1. The Morgan fingerprint density at radius 2 is 1.44 bits per heavy atom. The van der Waals surface area contributed by atoms with Crippen molar-refractivity contribution in [2.75, 3.05) is 64.2 Å². The third-order valence-electron chi connectivity index (χ3n) is 4.41. The number of nitrogens with one attached hydrogen (secondary N) is 1. The largest absolute Gasteiger partial charge is 0.317 e. The zero-order chi connectivity index (χ0) is 20.0. The van der Waals surface area contributed by atoms with E-state index in [1.807, 2.05) is 6.07 Å². The highest BCUT2D eigenvalue weighted by molar-refractivity contribution is 9.09. The molecule has 0 radical (unpaired) electrons. The van der Waals surface area contributed by atoms with Crippen molar-refractivity contribution in [3.63, 3.8) is 0 Å². The average molecular weight is 439 g/mol. The summed E-state index contributed by atoms with van der Waals surface area (Å²) >= 11 is 3.09. The van der Waals surface area contributed by atoms with Gasteiger partial charge in [0.2, 0.25) is 6.54 Å². The van der Waals surface area contributed by atoms with E-state index in [2.05, 4.69) is 42.0 Å². The molecule has 6 nitrogen and oxygen atoms in total. The lowest BCUT2D eigenvalue weighted by Gasteiger charge is -2.19. The van der Waals surface area contributed by atoms with Crippen LogP contribution in [0.3, 0.4) is 0 Å². The molecular formula is C20H35BrN6. The SMILES string of the molecule is C1CCCNCC1.N#CCCBr.[C-]#[N+]CCN1CCCN(CCC#N)CC1. The first-order valence-electron chi connectivity index (χ1n) is 10.1. The molecule has 0 unspecified atom stereocenters. The van der Waals surface area contributed by atoms with Crippen LogP contribution in [0.5, 0.6) is 0 Å². The fourth-order valence-electron chi connectivity index (χ4n) is 2.89. The van der Waals surface area contributed by atoms with Crippen molar-refractivity contribution < 1.29 is 0 Å². The molecule has 0 aliphatic carbocycles. The van der Waals surface area contributed by atoms with Crippen LogP contribution in [0.4, 0.5) is 0 Å². The Morgan fingerprint density at radius 3 is 1.93 bits per heavy atom. The molecule has 2 rings (SSSR count). The molecule has 7 heteroatoms. The first-order valence-corrected chi connectivity index (χ1v) is 11.2. The predicted molar refractivity (Wildman–Crippen MR) is 115 cm³/mol. The molecule has 0 bridgehead atoms. The number of nitrogens with zero attached hydrogens (tertiary/aromatic N) is 5. The minimum Gasteiger partial charge on any atom is -0.317 e. The summed E-state index contributed by atoms with van der Waals surface area (Å²) in [7, 11) is 0. The highest BCUT2D eigenvalue weighted by Crippen LogP contribution is 2.03. The van der Waals surface area contributed by atoms with E-state index in [9.17, 15) is 0 Å². The molecule has 0 saturated carbocycles. The first-order chi connectivity index (χ1) is 13.3. The standard InChI is InChI=1S/C11H18N4.C6H13N.C3H4BrN/c1-13-5-9-15-8-3-7-14(10-11-15)6-2-4-12;1-2-4-6-7-5-3-1;4-2-1-3-5/h2-3,5-11H2;7H,1-6H2;1-2H2. The maximum atomic E-state index is 8.52. The van der Waals surface area contributed by atoms with E-state index in [-0.39, 0.29) is 0 Å². The van der Waals surface area contributed by atoms with Crippen LogP contribution in [0.15, 0.2) is 0 Å². The summed E-state index contributed by atoms with van der Waals surface area (Å²) in [6, 6.07) is 4.16. The molecule has 2 aliphatic rings. The van der Waals surface area contributed by atoms with Gasteiger partial charge in [-0.2, -0.15) is 10.5 Å². The molecule has 1 N–H and O–H groups in total. The summed E-state index contributed by atoms with van der Waals surface area (Å²) in [5.74, 6) is 0. The molecule has 0 amide bonds. The molecule has 27 heavy (non-hydrogen) atoms. The van der Waals surface area contributed by atoms with Gasteiger partial charge in [0.25, 0.3) is 0 Å². The molecule has 2 saturated heterocycles. The van der Waals surface area contributed by atoms with E-state index in [0.717, 1.165) is 51.0 Å². The Bertz CT molecular complexity index is 405. The Kier molecular flexibility index (Phi) is 20.2. The van der Waals surface area contributed by atoms with Gasteiger partial charge >= 0.3 is 0 Å². The lowest BCUT2D eigenvalue weighted by Crippen LogP contribution is -2.32. The Labute approximate surface area is 174 Å². The van der Waals surface area contributed by atoms with Gasteiger partial charge in [0.05, 0.1) is 18.7 Å². The zero-order valence-electron chi connectivity index (χ0n) is 16.6. The van der Waals surface area contributed by atoms with Crippen molar-refractivity contribution in [3.8, 4) is 12.1 Å². The number of alkyl halides is 1. The van der Waals surface area contributed by atoms with Gasteiger partial charge < -0.3 is 15.1 Å². The van der Waals surface area contributed by atoms with Crippen molar-refractivity contribution in [1.82, 2.24) is 15.1 Å². The van der Waals surface area contributed by atoms with E-state index < -0.39 is 0 Å². The third kappa shape index (κ3) is 18.0. The Morgan fingerprint density at radius 1 is 0.852 bits per heavy atom. The second-order valence-corrected chi connectivity index (χ2v) is 7.38. The number of nitriles is 2. The van der Waals surface area contributed by atoms with Crippen molar-refractivity contribution >= 4 is 15.9 Å². The van der Waals surface area contributed by atoms with Crippen LogP contribution in [-0.2, 0) is 0 Å². The van der Waals surface area contributed by atoms with E-state index >= 15 is 0 Å². The average Bonchev–Trinajstić information content (AvgIpc) is 3.12. The minimum absolute atomic E-state index is 0.609. The summed E-state index contributed by atoms with van der Waals surface area (Å²) in [4.78, 5) is 8.08. The third-order valence-corrected chi connectivity index (χ3v) is 4.81. The zero-order valence-corrected chi connectivity index (χ0v) is 18.2. The molecule has 0 aromatic rings. The van der Waals surface area contributed by atoms with Gasteiger partial charge in [0.15, 0.2) is 0 Å². The van der Waals surface area contributed by atoms with Crippen LogP contribution in [0, 0.1) is 29.2 Å². The van der Waals surface area contributed by atoms with Gasteiger partial charge in [0.1, 0.15) is 0 Å². The Hall–Kier alpha value is -1.17. The normalized spacial score (nSPS) is 18.0. The number of hydrogen-bond acceptors (Lipinski definition) is 5. The van der Waals surface area contributed by atoms with Crippen LogP contribution in [0.25, 0.3) is 4.85 Å².